The molecule has 0 spiro atoms. The van der Waals surface area contributed by atoms with Crippen molar-refractivity contribution in [1.29, 1.82) is 0 Å². The van der Waals surface area contributed by atoms with Crippen LogP contribution in [0.1, 0.15) is 33.3 Å². The van der Waals surface area contributed by atoms with Crippen molar-refractivity contribution in [2.24, 2.45) is 5.11 Å². The summed E-state index contributed by atoms with van der Waals surface area (Å²) in [6.45, 7) is 0.357. The van der Waals surface area contributed by atoms with Gasteiger partial charge >= 0.3 is 0 Å². The Hall–Kier alpha value is -2.86. The van der Waals surface area contributed by atoms with E-state index >= 15 is 0 Å². The van der Waals surface area contributed by atoms with E-state index in [2.05, 4.69) is 10.0 Å². The van der Waals surface area contributed by atoms with Gasteiger partial charge in [0.15, 0.2) is 12.6 Å². The maximum atomic E-state index is 11.4. The van der Waals surface area contributed by atoms with Crippen LogP contribution < -0.4 is 4.74 Å². The molecule has 7 heteroatoms. The molecule has 0 unspecified atom stereocenters. The summed E-state index contributed by atoms with van der Waals surface area (Å²) in [6, 6.07) is 13.0. The molecule has 0 aliphatic heterocycles. The van der Waals surface area contributed by atoms with Crippen molar-refractivity contribution in [3.8, 4) is 5.75 Å². The van der Waals surface area contributed by atoms with Crippen LogP contribution in [0.5, 0.6) is 5.75 Å². The molecule has 130 valence electrons. The number of benzene rings is 2. The Morgan fingerprint density at radius 1 is 1.16 bits per heavy atom. The first kappa shape index (κ1) is 18.5. The number of carbonyl (C=O) groups is 1. The fraction of sp³-hybridized carbons (Fsp3) is 0.278. The predicted octanol–water partition coefficient (Wildman–Crippen LogP) is 4.18. The zero-order chi connectivity index (χ0) is 18.1. The minimum atomic E-state index is -0.774. The number of carbonyl (C=O) groups excluding carboxylic acids is 1. The van der Waals surface area contributed by atoms with Crippen LogP contribution in [0.4, 0.5) is 0 Å². The number of aldehydes is 1. The normalized spacial score (nSPS) is 10.4. The molecule has 0 aromatic heterocycles. The lowest BCUT2D eigenvalue weighted by Gasteiger charge is -2.21. The van der Waals surface area contributed by atoms with Crippen molar-refractivity contribution in [3.63, 3.8) is 0 Å². The molecule has 0 heterocycles. The van der Waals surface area contributed by atoms with Crippen LogP contribution in [0.2, 0.25) is 0 Å². The zero-order valence-electron chi connectivity index (χ0n) is 14.1. The molecule has 2 aromatic carbocycles. The van der Waals surface area contributed by atoms with E-state index < -0.39 is 6.29 Å². The summed E-state index contributed by atoms with van der Waals surface area (Å²) in [7, 11) is 2.94. The summed E-state index contributed by atoms with van der Waals surface area (Å²) in [5, 5.41) is 3.62. The van der Waals surface area contributed by atoms with E-state index in [9.17, 15) is 4.79 Å². The average Bonchev–Trinajstić information content (AvgIpc) is 2.67. The van der Waals surface area contributed by atoms with Gasteiger partial charge in [0.05, 0.1) is 6.54 Å². The van der Waals surface area contributed by atoms with E-state index in [1.165, 1.54) is 14.2 Å². The fourth-order valence-corrected chi connectivity index (χ4v) is 2.51. The number of ether oxygens (including phenoxy) is 3. The Bertz CT molecular complexity index is 754. The molecule has 0 radical (unpaired) electrons. The SMILES string of the molecule is COC(OC)c1c(C=O)ccc(OCc2ccccc2)c1CN=[N+]=[N-]. The number of hydrogen-bond donors (Lipinski definition) is 0. The molecule has 0 atom stereocenters. The highest BCUT2D eigenvalue weighted by Crippen LogP contribution is 2.33. The topological polar surface area (TPSA) is 93.5 Å². The van der Waals surface area contributed by atoms with Crippen molar-refractivity contribution in [2.75, 3.05) is 14.2 Å². The van der Waals surface area contributed by atoms with Gasteiger partial charge in [0.2, 0.25) is 0 Å². The van der Waals surface area contributed by atoms with Crippen LogP contribution in [-0.4, -0.2) is 20.5 Å². The second-order valence-electron chi connectivity index (χ2n) is 5.13. The molecule has 0 amide bonds. The van der Waals surface area contributed by atoms with Gasteiger partial charge in [0, 0.05) is 35.8 Å². The van der Waals surface area contributed by atoms with Crippen LogP contribution in [0.3, 0.4) is 0 Å². The first-order valence-corrected chi connectivity index (χ1v) is 7.59. The summed E-state index contributed by atoms with van der Waals surface area (Å²) < 4.78 is 16.5. The molecule has 0 saturated carbocycles. The summed E-state index contributed by atoms with van der Waals surface area (Å²) in [6.07, 6.45) is -0.0645. The summed E-state index contributed by atoms with van der Waals surface area (Å²) in [5.41, 5.74) is 11.1. The third kappa shape index (κ3) is 4.58. The molecule has 0 fully saturated rings. The van der Waals surface area contributed by atoms with Crippen LogP contribution in [0, 0.1) is 0 Å². The lowest BCUT2D eigenvalue weighted by molar-refractivity contribution is -0.106. The van der Waals surface area contributed by atoms with Gasteiger partial charge in [-0.3, -0.25) is 4.79 Å². The van der Waals surface area contributed by atoms with Gasteiger partial charge in [-0.1, -0.05) is 35.4 Å². The molecule has 2 aromatic rings. The number of rotatable bonds is 9. The van der Waals surface area contributed by atoms with Crippen LogP contribution in [-0.2, 0) is 22.6 Å². The third-order valence-corrected chi connectivity index (χ3v) is 3.67. The molecule has 7 nitrogen and oxygen atoms in total. The van der Waals surface area contributed by atoms with Crippen LogP contribution in [0.15, 0.2) is 47.6 Å². The average molecular weight is 341 g/mol. The van der Waals surface area contributed by atoms with Gasteiger partial charge in [0.1, 0.15) is 12.4 Å². The molecule has 2 rings (SSSR count). The molecule has 0 bridgehead atoms. The second-order valence-corrected chi connectivity index (χ2v) is 5.13. The first-order valence-electron chi connectivity index (χ1n) is 7.59. The maximum Gasteiger partial charge on any atom is 0.184 e. The Morgan fingerprint density at radius 2 is 1.88 bits per heavy atom. The van der Waals surface area contributed by atoms with Gasteiger partial charge in [-0.2, -0.15) is 0 Å². The van der Waals surface area contributed by atoms with Crippen LogP contribution in [0.25, 0.3) is 10.4 Å². The Labute approximate surface area is 145 Å². The van der Waals surface area contributed by atoms with Gasteiger partial charge in [-0.15, -0.1) is 0 Å². The zero-order valence-corrected chi connectivity index (χ0v) is 14.1. The Kier molecular flexibility index (Phi) is 6.98. The number of nitrogens with zero attached hydrogens (tertiary/aromatic N) is 3. The van der Waals surface area contributed by atoms with E-state index in [1.807, 2.05) is 30.3 Å². The monoisotopic (exact) mass is 341 g/mol. The smallest absolute Gasteiger partial charge is 0.184 e. The number of azide groups is 1. The molecule has 25 heavy (non-hydrogen) atoms. The first-order chi connectivity index (χ1) is 12.2. The van der Waals surface area contributed by atoms with Gasteiger partial charge in [0.25, 0.3) is 0 Å². The third-order valence-electron chi connectivity index (χ3n) is 3.67. The highest BCUT2D eigenvalue weighted by atomic mass is 16.7. The van der Waals surface area contributed by atoms with Crippen molar-refractivity contribution in [1.82, 2.24) is 0 Å². The Morgan fingerprint density at radius 3 is 2.48 bits per heavy atom. The number of hydrogen-bond acceptors (Lipinski definition) is 5. The fourth-order valence-electron chi connectivity index (χ4n) is 2.51. The summed E-state index contributed by atoms with van der Waals surface area (Å²) in [4.78, 5) is 14.2. The van der Waals surface area contributed by atoms with E-state index in [1.54, 1.807) is 12.1 Å². The van der Waals surface area contributed by atoms with E-state index in [-0.39, 0.29) is 6.54 Å². The van der Waals surface area contributed by atoms with Gasteiger partial charge in [-0.25, -0.2) is 0 Å². The lowest BCUT2D eigenvalue weighted by Crippen LogP contribution is -2.12. The van der Waals surface area contributed by atoms with E-state index in [0.29, 0.717) is 35.3 Å². The molecular weight excluding hydrogens is 322 g/mol. The van der Waals surface area contributed by atoms with Crippen molar-refractivity contribution >= 4 is 6.29 Å². The van der Waals surface area contributed by atoms with Crippen molar-refractivity contribution in [2.45, 2.75) is 19.4 Å². The Balaban J connectivity index is 2.45. The summed E-state index contributed by atoms with van der Waals surface area (Å²) in [5.74, 6) is 0.510. The highest BCUT2D eigenvalue weighted by molar-refractivity contribution is 5.79. The van der Waals surface area contributed by atoms with E-state index in [0.717, 1.165) is 5.56 Å². The van der Waals surface area contributed by atoms with Crippen molar-refractivity contribution < 1.29 is 19.0 Å². The van der Waals surface area contributed by atoms with Crippen molar-refractivity contribution in [3.05, 3.63) is 75.2 Å². The number of methoxy groups -OCH3 is 2. The van der Waals surface area contributed by atoms with E-state index in [4.69, 9.17) is 19.7 Å². The standard InChI is InChI=1S/C18H19N3O4/c1-23-18(24-2)17-14(11-22)8-9-16(15(17)10-20-21-19)25-12-13-6-4-3-5-7-13/h3-9,11,18H,10,12H2,1-2H3. The quantitative estimate of drug-likeness (QED) is 0.225. The largest absolute Gasteiger partial charge is 0.489 e. The molecule has 0 saturated heterocycles. The van der Waals surface area contributed by atoms with Gasteiger partial charge in [-0.05, 0) is 23.2 Å². The lowest BCUT2D eigenvalue weighted by atomic mass is 9.99. The molecule has 0 N–H and O–H groups in total. The van der Waals surface area contributed by atoms with Crippen LogP contribution >= 0.6 is 0 Å². The predicted molar refractivity (Wildman–Crippen MR) is 92.2 cm³/mol. The van der Waals surface area contributed by atoms with Gasteiger partial charge < -0.3 is 14.2 Å². The maximum absolute atomic E-state index is 11.4. The minimum Gasteiger partial charge on any atom is -0.489 e. The highest BCUT2D eigenvalue weighted by Gasteiger charge is 2.22. The summed E-state index contributed by atoms with van der Waals surface area (Å²) >= 11 is 0. The molecular formula is C18H19N3O4. The second kappa shape index (κ2) is 9.44. The molecule has 0 aliphatic rings. The molecule has 0 aliphatic carbocycles. The minimum absolute atomic E-state index is 0.0147.